The third-order valence-electron chi connectivity index (χ3n) is 4.90. The number of pyridine rings is 1. The first kappa shape index (κ1) is 27.1. The van der Waals surface area contributed by atoms with Crippen molar-refractivity contribution in [3.8, 4) is 0 Å². The zero-order valence-corrected chi connectivity index (χ0v) is 18.3. The Morgan fingerprint density at radius 1 is 0.759 bits per heavy atom. The Kier molecular flexibility index (Phi) is 19.4. The molecule has 2 N–H and O–H groups in total. The molecule has 1 aromatic heterocycles. The van der Waals surface area contributed by atoms with Crippen LogP contribution in [0.25, 0.3) is 0 Å². The summed E-state index contributed by atoms with van der Waals surface area (Å²) in [5, 5.41) is 16.9. The Bertz CT molecular complexity index is 505. The van der Waals surface area contributed by atoms with Crippen LogP contribution in [0.1, 0.15) is 120 Å². The maximum absolute atomic E-state index is 10.3. The first-order valence-corrected chi connectivity index (χ1v) is 11.4. The highest BCUT2D eigenvalue weighted by Gasteiger charge is 1.98. The monoisotopic (exact) mass is 407 g/mol. The van der Waals surface area contributed by atoms with Gasteiger partial charge in [-0.15, -0.1) is 0 Å². The molecule has 0 saturated heterocycles. The minimum absolute atomic E-state index is 0.220. The van der Waals surface area contributed by atoms with Crippen LogP contribution in [0.5, 0.6) is 0 Å². The Balaban J connectivity index is 0.000000717. The van der Waals surface area contributed by atoms with Crippen LogP contribution >= 0.6 is 0 Å². The molecule has 0 radical (unpaired) electrons. The van der Waals surface area contributed by atoms with Crippen molar-refractivity contribution in [3.63, 3.8) is 0 Å². The molecule has 0 atom stereocenters. The highest BCUT2D eigenvalue weighted by Crippen LogP contribution is 2.13. The van der Waals surface area contributed by atoms with Gasteiger partial charge in [-0.05, 0) is 18.6 Å². The van der Waals surface area contributed by atoms with E-state index in [-0.39, 0.29) is 5.56 Å². The third-order valence-corrected chi connectivity index (χ3v) is 4.90. The van der Waals surface area contributed by atoms with Crippen molar-refractivity contribution in [2.24, 2.45) is 0 Å². The van der Waals surface area contributed by atoms with Crippen molar-refractivity contribution in [1.82, 2.24) is 4.98 Å². The standard InChI is InChI=1S/C18H36O2.C6H5NO2/c1-2-3-4-5-6-7-8-9-10-11-12-13-14-15-16-17-18(19)20;8-6(9)5-2-1-3-7-4-5/h2-17H2,1H3,(H,19,20);1-4H,(H,8,9). The molecule has 0 aliphatic rings. The minimum atomic E-state index is -0.942. The predicted octanol–water partition coefficient (Wildman–Crippen LogP) is 7.11. The van der Waals surface area contributed by atoms with E-state index >= 15 is 0 Å². The number of rotatable bonds is 17. The number of hydrogen-bond donors (Lipinski definition) is 2. The second-order valence-electron chi connectivity index (χ2n) is 7.64. The van der Waals surface area contributed by atoms with E-state index in [2.05, 4.69) is 11.9 Å². The second-order valence-corrected chi connectivity index (χ2v) is 7.64. The lowest BCUT2D eigenvalue weighted by atomic mass is 10.0. The van der Waals surface area contributed by atoms with Gasteiger partial charge in [-0.2, -0.15) is 0 Å². The van der Waals surface area contributed by atoms with Gasteiger partial charge >= 0.3 is 11.9 Å². The molecule has 0 aromatic carbocycles. The summed E-state index contributed by atoms with van der Waals surface area (Å²) in [6, 6.07) is 3.08. The Labute approximate surface area is 177 Å². The van der Waals surface area contributed by atoms with Crippen LogP contribution in [0.15, 0.2) is 24.5 Å². The average Bonchev–Trinajstić information content (AvgIpc) is 2.72. The Morgan fingerprint density at radius 3 is 1.52 bits per heavy atom. The molecule has 0 saturated carbocycles. The number of aliphatic carboxylic acids is 1. The molecule has 0 spiro atoms. The van der Waals surface area contributed by atoms with E-state index in [4.69, 9.17) is 10.2 Å². The second kappa shape index (κ2) is 20.8. The lowest BCUT2D eigenvalue weighted by molar-refractivity contribution is -0.137. The number of unbranched alkanes of at least 4 members (excludes halogenated alkanes) is 14. The fourth-order valence-electron chi connectivity index (χ4n) is 3.14. The Hall–Kier alpha value is -1.91. The summed E-state index contributed by atoms with van der Waals surface area (Å²) < 4.78 is 0. The van der Waals surface area contributed by atoms with E-state index in [0.29, 0.717) is 6.42 Å². The van der Waals surface area contributed by atoms with Gasteiger partial charge in [0.15, 0.2) is 0 Å². The van der Waals surface area contributed by atoms with Crippen molar-refractivity contribution in [2.45, 2.75) is 110 Å². The molecule has 0 amide bonds. The summed E-state index contributed by atoms with van der Waals surface area (Å²) >= 11 is 0. The van der Waals surface area contributed by atoms with Crippen molar-refractivity contribution >= 4 is 11.9 Å². The quantitative estimate of drug-likeness (QED) is 0.269. The molecule has 5 heteroatoms. The van der Waals surface area contributed by atoms with Crippen LogP contribution in [0.2, 0.25) is 0 Å². The summed E-state index contributed by atoms with van der Waals surface area (Å²) in [6.45, 7) is 2.27. The number of nitrogens with zero attached hydrogens (tertiary/aromatic N) is 1. The van der Waals surface area contributed by atoms with E-state index in [0.717, 1.165) is 12.8 Å². The van der Waals surface area contributed by atoms with Crippen LogP contribution < -0.4 is 0 Å². The molecule has 0 aliphatic carbocycles. The smallest absolute Gasteiger partial charge is 0.337 e. The number of carbonyl (C=O) groups is 2. The summed E-state index contributed by atoms with van der Waals surface area (Å²) in [7, 11) is 0. The first-order valence-electron chi connectivity index (χ1n) is 11.4. The summed E-state index contributed by atoms with van der Waals surface area (Å²) in [5.74, 6) is -1.59. The van der Waals surface area contributed by atoms with Crippen molar-refractivity contribution in [2.75, 3.05) is 0 Å². The number of carboxylic acid groups (broad SMARTS) is 2. The molecule has 0 fully saturated rings. The van der Waals surface area contributed by atoms with E-state index in [9.17, 15) is 9.59 Å². The largest absolute Gasteiger partial charge is 0.481 e. The van der Waals surface area contributed by atoms with Crippen molar-refractivity contribution in [3.05, 3.63) is 30.1 Å². The van der Waals surface area contributed by atoms with E-state index in [1.54, 1.807) is 6.07 Å². The van der Waals surface area contributed by atoms with Gasteiger partial charge in [0.25, 0.3) is 0 Å². The Morgan fingerprint density at radius 2 is 1.21 bits per heavy atom. The molecule has 0 bridgehead atoms. The van der Waals surface area contributed by atoms with E-state index in [1.807, 2.05) is 0 Å². The van der Waals surface area contributed by atoms with Crippen LogP contribution in [0.3, 0.4) is 0 Å². The summed E-state index contributed by atoms with van der Waals surface area (Å²) in [4.78, 5) is 24.1. The van der Waals surface area contributed by atoms with Crippen molar-refractivity contribution < 1.29 is 19.8 Å². The van der Waals surface area contributed by atoms with Gasteiger partial charge in [0.1, 0.15) is 0 Å². The molecule has 29 heavy (non-hydrogen) atoms. The number of aromatic carboxylic acids is 1. The number of carboxylic acids is 2. The van der Waals surface area contributed by atoms with Gasteiger partial charge in [-0.1, -0.05) is 96.8 Å². The fraction of sp³-hybridized carbons (Fsp3) is 0.708. The lowest BCUT2D eigenvalue weighted by Gasteiger charge is -2.03. The molecule has 166 valence electrons. The minimum Gasteiger partial charge on any atom is -0.481 e. The van der Waals surface area contributed by atoms with Gasteiger partial charge in [0, 0.05) is 18.8 Å². The maximum atomic E-state index is 10.3. The maximum Gasteiger partial charge on any atom is 0.337 e. The topological polar surface area (TPSA) is 87.5 Å². The zero-order valence-electron chi connectivity index (χ0n) is 18.3. The molecule has 1 aromatic rings. The summed E-state index contributed by atoms with van der Waals surface area (Å²) in [5.41, 5.74) is 0.220. The summed E-state index contributed by atoms with van der Waals surface area (Å²) in [6.07, 6.45) is 23.0. The van der Waals surface area contributed by atoms with Crippen LogP contribution in [-0.2, 0) is 4.79 Å². The number of aromatic nitrogens is 1. The fourth-order valence-corrected chi connectivity index (χ4v) is 3.14. The molecule has 5 nitrogen and oxygen atoms in total. The first-order chi connectivity index (χ1) is 14.1. The van der Waals surface area contributed by atoms with Gasteiger partial charge < -0.3 is 10.2 Å². The van der Waals surface area contributed by atoms with Gasteiger partial charge in [0.05, 0.1) is 5.56 Å². The van der Waals surface area contributed by atoms with Crippen LogP contribution in [0, 0.1) is 0 Å². The highest BCUT2D eigenvalue weighted by atomic mass is 16.4. The highest BCUT2D eigenvalue weighted by molar-refractivity contribution is 5.86. The SMILES string of the molecule is CCCCCCCCCCCCCCCCCC(=O)O.O=C(O)c1cccnc1. The molecule has 1 heterocycles. The normalized spacial score (nSPS) is 10.2. The van der Waals surface area contributed by atoms with Crippen LogP contribution in [0.4, 0.5) is 0 Å². The zero-order chi connectivity index (χ0) is 21.6. The van der Waals surface area contributed by atoms with Gasteiger partial charge in [0.2, 0.25) is 0 Å². The molecule has 0 unspecified atom stereocenters. The molecule has 1 rings (SSSR count). The van der Waals surface area contributed by atoms with E-state index < -0.39 is 11.9 Å². The predicted molar refractivity (Wildman–Crippen MR) is 118 cm³/mol. The van der Waals surface area contributed by atoms with Gasteiger partial charge in [-0.3, -0.25) is 9.78 Å². The van der Waals surface area contributed by atoms with Crippen molar-refractivity contribution in [1.29, 1.82) is 0 Å². The van der Waals surface area contributed by atoms with E-state index in [1.165, 1.54) is 102 Å². The average molecular weight is 408 g/mol. The lowest BCUT2D eigenvalue weighted by Crippen LogP contribution is -1.94. The molecule has 0 aliphatic heterocycles. The number of hydrogen-bond acceptors (Lipinski definition) is 3. The molecular formula is C24H41NO4. The third kappa shape index (κ3) is 20.6. The van der Waals surface area contributed by atoms with Gasteiger partial charge in [-0.25, -0.2) is 4.79 Å². The molecular weight excluding hydrogens is 366 g/mol. The van der Waals surface area contributed by atoms with Crippen LogP contribution in [-0.4, -0.2) is 27.1 Å².